The molecule has 0 aliphatic rings. The highest BCUT2D eigenvalue weighted by molar-refractivity contribution is 5.84. The van der Waals surface area contributed by atoms with Crippen molar-refractivity contribution in [3.63, 3.8) is 0 Å². The van der Waals surface area contributed by atoms with Crippen LogP contribution in [0.4, 0.5) is 0 Å². The average molecular weight is 214 g/mol. The van der Waals surface area contributed by atoms with Crippen LogP contribution < -0.4 is 0 Å². The van der Waals surface area contributed by atoms with Crippen molar-refractivity contribution in [1.82, 2.24) is 9.97 Å². The van der Waals surface area contributed by atoms with Gasteiger partial charge in [0.05, 0.1) is 12.0 Å². The summed E-state index contributed by atoms with van der Waals surface area (Å²) in [5, 5.41) is 0. The molecule has 1 aromatic heterocycles. The summed E-state index contributed by atoms with van der Waals surface area (Å²) in [4.78, 5) is 17.9. The van der Waals surface area contributed by atoms with Crippen LogP contribution in [0.1, 0.15) is 27.2 Å². The van der Waals surface area contributed by atoms with Crippen LogP contribution in [0, 0.1) is 20.8 Å². The second-order valence-corrected chi connectivity index (χ2v) is 4.03. The lowest BCUT2D eigenvalue weighted by Crippen LogP contribution is -1.92. The first-order chi connectivity index (χ1) is 7.63. The third-order valence-corrected chi connectivity index (χ3v) is 2.88. The number of aryl methyl sites for hydroxylation is 3. The number of aldehydes is 1. The maximum absolute atomic E-state index is 10.9. The molecule has 0 unspecified atom stereocenters. The molecule has 0 atom stereocenters. The van der Waals surface area contributed by atoms with Crippen LogP contribution in [0.3, 0.4) is 0 Å². The van der Waals surface area contributed by atoms with E-state index in [1.54, 1.807) is 6.33 Å². The third kappa shape index (κ3) is 1.65. The van der Waals surface area contributed by atoms with Crippen molar-refractivity contribution < 1.29 is 4.79 Å². The first-order valence-electron chi connectivity index (χ1n) is 5.20. The number of rotatable bonds is 2. The Morgan fingerprint density at radius 3 is 2.50 bits per heavy atom. The standard InChI is InChI=1S/C13H14N2O/c1-8-4-10(3)11(5-9(8)2)13-12(6-16)14-7-15-13/h4-7H,1-3H3,(H,14,15). The molecule has 3 nitrogen and oxygen atoms in total. The highest BCUT2D eigenvalue weighted by Crippen LogP contribution is 2.26. The van der Waals surface area contributed by atoms with Gasteiger partial charge in [-0.15, -0.1) is 0 Å². The minimum atomic E-state index is 0.534. The van der Waals surface area contributed by atoms with E-state index < -0.39 is 0 Å². The lowest BCUT2D eigenvalue weighted by Gasteiger charge is -2.08. The summed E-state index contributed by atoms with van der Waals surface area (Å²) >= 11 is 0. The number of hydrogen-bond acceptors (Lipinski definition) is 2. The van der Waals surface area contributed by atoms with Crippen LogP contribution in [-0.4, -0.2) is 16.3 Å². The highest BCUT2D eigenvalue weighted by Gasteiger charge is 2.11. The largest absolute Gasteiger partial charge is 0.342 e. The fraction of sp³-hybridized carbons (Fsp3) is 0.231. The molecule has 0 saturated heterocycles. The number of benzene rings is 1. The Labute approximate surface area is 94.5 Å². The SMILES string of the molecule is Cc1cc(C)c(-c2nc[nH]c2C=O)cc1C. The topological polar surface area (TPSA) is 45.8 Å². The lowest BCUT2D eigenvalue weighted by molar-refractivity contribution is 0.112. The number of nitrogens with zero attached hydrogens (tertiary/aromatic N) is 1. The van der Waals surface area contributed by atoms with Crippen molar-refractivity contribution in [1.29, 1.82) is 0 Å². The zero-order valence-electron chi connectivity index (χ0n) is 9.66. The first kappa shape index (κ1) is 10.6. The van der Waals surface area contributed by atoms with Crippen LogP contribution in [0.2, 0.25) is 0 Å². The van der Waals surface area contributed by atoms with E-state index in [1.807, 2.05) is 6.92 Å². The van der Waals surface area contributed by atoms with E-state index in [2.05, 4.69) is 35.9 Å². The van der Waals surface area contributed by atoms with E-state index in [1.165, 1.54) is 11.1 Å². The molecule has 0 saturated carbocycles. The molecule has 2 rings (SSSR count). The monoisotopic (exact) mass is 214 g/mol. The molecule has 0 radical (unpaired) electrons. The molecule has 1 N–H and O–H groups in total. The zero-order chi connectivity index (χ0) is 11.7. The molecule has 16 heavy (non-hydrogen) atoms. The van der Waals surface area contributed by atoms with Crippen LogP contribution in [0.25, 0.3) is 11.3 Å². The van der Waals surface area contributed by atoms with Gasteiger partial charge in [0.1, 0.15) is 5.69 Å². The van der Waals surface area contributed by atoms with Gasteiger partial charge < -0.3 is 4.98 Å². The van der Waals surface area contributed by atoms with Crippen LogP contribution >= 0.6 is 0 Å². The summed E-state index contributed by atoms with van der Waals surface area (Å²) in [6, 6.07) is 4.20. The fourth-order valence-electron chi connectivity index (χ4n) is 1.82. The van der Waals surface area contributed by atoms with Crippen LogP contribution in [0.15, 0.2) is 18.5 Å². The van der Waals surface area contributed by atoms with Crippen molar-refractivity contribution in [2.24, 2.45) is 0 Å². The summed E-state index contributed by atoms with van der Waals surface area (Å²) in [6.45, 7) is 6.17. The van der Waals surface area contributed by atoms with Crippen molar-refractivity contribution in [2.45, 2.75) is 20.8 Å². The van der Waals surface area contributed by atoms with Gasteiger partial charge in [0.2, 0.25) is 0 Å². The number of carbonyl (C=O) groups is 1. The van der Waals surface area contributed by atoms with Gasteiger partial charge in [0.15, 0.2) is 6.29 Å². The van der Waals surface area contributed by atoms with Gasteiger partial charge in [0, 0.05) is 5.56 Å². The van der Waals surface area contributed by atoms with Crippen molar-refractivity contribution in [3.05, 3.63) is 40.8 Å². The molecule has 0 fully saturated rings. The highest BCUT2D eigenvalue weighted by atomic mass is 16.1. The summed E-state index contributed by atoms with van der Waals surface area (Å²) < 4.78 is 0. The molecule has 0 spiro atoms. The molecule has 0 amide bonds. The predicted octanol–water partition coefficient (Wildman–Crippen LogP) is 2.81. The summed E-state index contributed by atoms with van der Waals surface area (Å²) in [5.41, 5.74) is 5.89. The minimum Gasteiger partial charge on any atom is -0.342 e. The molecule has 2 aromatic rings. The maximum Gasteiger partial charge on any atom is 0.168 e. The number of aromatic nitrogens is 2. The van der Waals surface area contributed by atoms with Gasteiger partial charge in [-0.3, -0.25) is 4.79 Å². The first-order valence-corrected chi connectivity index (χ1v) is 5.20. The van der Waals surface area contributed by atoms with E-state index in [0.717, 1.165) is 23.1 Å². The minimum absolute atomic E-state index is 0.534. The van der Waals surface area contributed by atoms with Crippen LogP contribution in [0.5, 0.6) is 0 Å². The van der Waals surface area contributed by atoms with Gasteiger partial charge in [-0.2, -0.15) is 0 Å². The lowest BCUT2D eigenvalue weighted by atomic mass is 9.98. The molecule has 82 valence electrons. The molecule has 0 bridgehead atoms. The van der Waals surface area contributed by atoms with Crippen molar-refractivity contribution in [3.8, 4) is 11.3 Å². The van der Waals surface area contributed by atoms with Gasteiger partial charge in [-0.1, -0.05) is 6.07 Å². The Kier molecular flexibility index (Phi) is 2.60. The Morgan fingerprint density at radius 1 is 1.12 bits per heavy atom. The molecule has 3 heteroatoms. The zero-order valence-corrected chi connectivity index (χ0v) is 9.66. The smallest absolute Gasteiger partial charge is 0.168 e. The van der Waals surface area contributed by atoms with Gasteiger partial charge in [-0.05, 0) is 43.5 Å². The molecular weight excluding hydrogens is 200 g/mol. The molecular formula is C13H14N2O. The van der Waals surface area contributed by atoms with E-state index >= 15 is 0 Å². The number of nitrogens with one attached hydrogen (secondary N) is 1. The number of hydrogen-bond donors (Lipinski definition) is 1. The third-order valence-electron chi connectivity index (χ3n) is 2.88. The van der Waals surface area contributed by atoms with E-state index in [9.17, 15) is 4.79 Å². The number of imidazole rings is 1. The quantitative estimate of drug-likeness (QED) is 0.781. The number of aromatic amines is 1. The number of carbonyl (C=O) groups excluding carboxylic acids is 1. The molecule has 1 aromatic carbocycles. The summed E-state index contributed by atoms with van der Waals surface area (Å²) in [5.74, 6) is 0. The second-order valence-electron chi connectivity index (χ2n) is 4.03. The van der Waals surface area contributed by atoms with E-state index in [0.29, 0.717) is 5.69 Å². The summed E-state index contributed by atoms with van der Waals surface area (Å²) in [7, 11) is 0. The number of H-pyrrole nitrogens is 1. The van der Waals surface area contributed by atoms with Crippen molar-refractivity contribution >= 4 is 6.29 Å². The van der Waals surface area contributed by atoms with E-state index in [-0.39, 0.29) is 0 Å². The Hall–Kier alpha value is -1.90. The van der Waals surface area contributed by atoms with E-state index in [4.69, 9.17) is 0 Å². The van der Waals surface area contributed by atoms with Crippen molar-refractivity contribution in [2.75, 3.05) is 0 Å². The fourth-order valence-corrected chi connectivity index (χ4v) is 1.82. The summed E-state index contributed by atoms with van der Waals surface area (Å²) in [6.07, 6.45) is 2.35. The van der Waals surface area contributed by atoms with Gasteiger partial charge in [0.25, 0.3) is 0 Å². The molecule has 0 aliphatic heterocycles. The van der Waals surface area contributed by atoms with Gasteiger partial charge >= 0.3 is 0 Å². The maximum atomic E-state index is 10.9. The Morgan fingerprint density at radius 2 is 1.81 bits per heavy atom. The second kappa shape index (κ2) is 3.93. The Balaban J connectivity index is 2.64. The Bertz CT molecular complexity index is 541. The van der Waals surface area contributed by atoms with Gasteiger partial charge in [-0.25, -0.2) is 4.98 Å². The average Bonchev–Trinajstić information content (AvgIpc) is 2.71. The molecule has 0 aliphatic carbocycles. The molecule has 1 heterocycles. The van der Waals surface area contributed by atoms with Crippen LogP contribution in [-0.2, 0) is 0 Å². The normalized spacial score (nSPS) is 10.4. The predicted molar refractivity (Wildman–Crippen MR) is 63.6 cm³/mol.